The summed E-state index contributed by atoms with van der Waals surface area (Å²) in [6, 6.07) is 5.24. The Morgan fingerprint density at radius 1 is 1.15 bits per heavy atom. The SMILES string of the molecule is Cn1cc(NC(=O)CNC(=O)N2CCN(c3ccc(Cl)c(Cl)c3)CC2)cn1. The van der Waals surface area contributed by atoms with Crippen LogP contribution in [-0.4, -0.2) is 59.3 Å². The van der Waals surface area contributed by atoms with Crippen molar-refractivity contribution in [1.82, 2.24) is 20.0 Å². The molecule has 0 radical (unpaired) electrons. The molecule has 0 spiro atoms. The number of aryl methyl sites for hydroxylation is 1. The Labute approximate surface area is 167 Å². The fourth-order valence-corrected chi connectivity index (χ4v) is 3.10. The van der Waals surface area contributed by atoms with E-state index < -0.39 is 0 Å². The molecule has 3 amide bonds. The van der Waals surface area contributed by atoms with E-state index in [4.69, 9.17) is 23.2 Å². The number of rotatable bonds is 4. The lowest BCUT2D eigenvalue weighted by atomic mass is 10.2. The van der Waals surface area contributed by atoms with E-state index in [1.165, 1.54) is 0 Å². The number of hydrogen-bond acceptors (Lipinski definition) is 4. The van der Waals surface area contributed by atoms with Crippen molar-refractivity contribution in [3.8, 4) is 0 Å². The third kappa shape index (κ3) is 5.05. The first-order valence-electron chi connectivity index (χ1n) is 8.43. The highest BCUT2D eigenvalue weighted by atomic mass is 35.5. The van der Waals surface area contributed by atoms with Crippen molar-refractivity contribution in [3.05, 3.63) is 40.6 Å². The number of nitrogens with zero attached hydrogens (tertiary/aromatic N) is 4. The van der Waals surface area contributed by atoms with Gasteiger partial charge in [-0.1, -0.05) is 23.2 Å². The van der Waals surface area contributed by atoms with Gasteiger partial charge < -0.3 is 20.4 Å². The zero-order valence-electron chi connectivity index (χ0n) is 14.8. The first-order valence-corrected chi connectivity index (χ1v) is 9.19. The number of urea groups is 1. The van der Waals surface area contributed by atoms with Crippen molar-refractivity contribution in [1.29, 1.82) is 0 Å². The van der Waals surface area contributed by atoms with Gasteiger partial charge in [-0.3, -0.25) is 9.48 Å². The summed E-state index contributed by atoms with van der Waals surface area (Å²) in [5.74, 6) is -0.300. The maximum atomic E-state index is 12.3. The highest BCUT2D eigenvalue weighted by Crippen LogP contribution is 2.27. The first kappa shape index (κ1) is 19.3. The molecule has 10 heteroatoms. The maximum absolute atomic E-state index is 12.3. The number of carbonyl (C=O) groups excluding carboxylic acids is 2. The van der Waals surface area contributed by atoms with E-state index in [0.717, 1.165) is 5.69 Å². The summed E-state index contributed by atoms with van der Waals surface area (Å²) in [6.07, 6.45) is 3.23. The summed E-state index contributed by atoms with van der Waals surface area (Å²) >= 11 is 12.0. The monoisotopic (exact) mass is 410 g/mol. The third-order valence-corrected chi connectivity index (χ3v) is 4.96. The van der Waals surface area contributed by atoms with Crippen LogP contribution in [0.5, 0.6) is 0 Å². The smallest absolute Gasteiger partial charge is 0.317 e. The summed E-state index contributed by atoms with van der Waals surface area (Å²) in [5, 5.41) is 10.3. The molecular formula is C17H20Cl2N6O2. The topological polar surface area (TPSA) is 82.5 Å². The van der Waals surface area contributed by atoms with Crippen LogP contribution in [0.25, 0.3) is 0 Å². The van der Waals surface area contributed by atoms with E-state index in [1.807, 2.05) is 12.1 Å². The summed E-state index contributed by atoms with van der Waals surface area (Å²) in [4.78, 5) is 28.0. The molecule has 1 fully saturated rings. The Balaban J connectivity index is 1.44. The zero-order valence-corrected chi connectivity index (χ0v) is 16.3. The second kappa shape index (κ2) is 8.49. The van der Waals surface area contributed by atoms with Crippen LogP contribution in [0.15, 0.2) is 30.6 Å². The van der Waals surface area contributed by atoms with Crippen molar-refractivity contribution in [2.75, 3.05) is 42.9 Å². The number of anilines is 2. The minimum Gasteiger partial charge on any atom is -0.368 e. The Bertz CT molecular complexity index is 833. The molecule has 0 atom stereocenters. The van der Waals surface area contributed by atoms with Gasteiger partial charge in [0.05, 0.1) is 28.5 Å². The van der Waals surface area contributed by atoms with Crippen LogP contribution in [0, 0.1) is 0 Å². The van der Waals surface area contributed by atoms with Crippen LogP contribution in [0.2, 0.25) is 10.0 Å². The van der Waals surface area contributed by atoms with Crippen molar-refractivity contribution < 1.29 is 9.59 Å². The Hall–Kier alpha value is -2.45. The third-order valence-electron chi connectivity index (χ3n) is 4.22. The van der Waals surface area contributed by atoms with Crippen molar-refractivity contribution in [2.24, 2.45) is 7.05 Å². The Kier molecular flexibility index (Phi) is 6.08. The first-order chi connectivity index (χ1) is 12.9. The standard InChI is InChI=1S/C17H20Cl2N6O2/c1-23-11-12(9-21-23)22-16(26)10-20-17(27)25-6-4-24(5-7-25)13-2-3-14(18)15(19)8-13/h2-3,8-9,11H,4-7,10H2,1H3,(H,20,27)(H,22,26). The van der Waals surface area contributed by atoms with Crippen LogP contribution in [0.4, 0.5) is 16.2 Å². The molecule has 144 valence electrons. The molecule has 0 unspecified atom stereocenters. The van der Waals surface area contributed by atoms with E-state index >= 15 is 0 Å². The molecule has 2 aromatic rings. The van der Waals surface area contributed by atoms with Gasteiger partial charge in [-0.15, -0.1) is 0 Å². The van der Waals surface area contributed by atoms with Gasteiger partial charge in [0.25, 0.3) is 0 Å². The summed E-state index contributed by atoms with van der Waals surface area (Å²) in [7, 11) is 1.76. The highest BCUT2D eigenvalue weighted by molar-refractivity contribution is 6.42. The molecule has 0 saturated carbocycles. The Morgan fingerprint density at radius 2 is 1.89 bits per heavy atom. The predicted molar refractivity (Wildman–Crippen MR) is 105 cm³/mol. The lowest BCUT2D eigenvalue weighted by Gasteiger charge is -2.36. The predicted octanol–water partition coefficient (Wildman–Crippen LogP) is 2.20. The fourth-order valence-electron chi connectivity index (χ4n) is 2.81. The molecule has 1 saturated heterocycles. The Morgan fingerprint density at radius 3 is 2.52 bits per heavy atom. The molecule has 1 aliphatic rings. The number of amides is 3. The van der Waals surface area contributed by atoms with Gasteiger partial charge in [0.1, 0.15) is 0 Å². The minimum absolute atomic E-state index is 0.0965. The number of hydrogen-bond donors (Lipinski definition) is 2. The lowest BCUT2D eigenvalue weighted by Crippen LogP contribution is -2.52. The molecule has 1 aromatic heterocycles. The van der Waals surface area contributed by atoms with Crippen molar-refractivity contribution in [2.45, 2.75) is 0 Å². The van der Waals surface area contributed by atoms with Crippen LogP contribution >= 0.6 is 23.2 Å². The van der Waals surface area contributed by atoms with Crippen LogP contribution in [-0.2, 0) is 11.8 Å². The quantitative estimate of drug-likeness (QED) is 0.808. The molecule has 2 N–H and O–H groups in total. The van der Waals surface area contributed by atoms with Crippen molar-refractivity contribution in [3.63, 3.8) is 0 Å². The second-order valence-corrected chi connectivity index (χ2v) is 7.00. The van der Waals surface area contributed by atoms with E-state index in [1.54, 1.807) is 35.1 Å². The average molecular weight is 411 g/mol. The number of benzene rings is 1. The fraction of sp³-hybridized carbons (Fsp3) is 0.353. The van der Waals surface area contributed by atoms with Crippen LogP contribution < -0.4 is 15.5 Å². The molecule has 0 bridgehead atoms. The number of halogens is 2. The molecule has 27 heavy (non-hydrogen) atoms. The normalized spacial score (nSPS) is 14.2. The molecule has 1 aliphatic heterocycles. The van der Waals surface area contributed by atoms with Crippen LogP contribution in [0.1, 0.15) is 0 Å². The van der Waals surface area contributed by atoms with E-state index in [-0.39, 0.29) is 18.5 Å². The summed E-state index contributed by atoms with van der Waals surface area (Å²) < 4.78 is 1.58. The summed E-state index contributed by atoms with van der Waals surface area (Å²) in [5.41, 5.74) is 1.56. The molecule has 0 aliphatic carbocycles. The second-order valence-electron chi connectivity index (χ2n) is 6.18. The van der Waals surface area contributed by atoms with Gasteiger partial charge >= 0.3 is 6.03 Å². The average Bonchev–Trinajstić information content (AvgIpc) is 3.07. The molecule has 2 heterocycles. The van der Waals surface area contributed by atoms with Crippen LogP contribution in [0.3, 0.4) is 0 Å². The van der Waals surface area contributed by atoms with Gasteiger partial charge in [-0.05, 0) is 18.2 Å². The zero-order chi connectivity index (χ0) is 19.4. The number of nitrogens with one attached hydrogen (secondary N) is 2. The minimum atomic E-state index is -0.300. The maximum Gasteiger partial charge on any atom is 0.317 e. The van der Waals surface area contributed by atoms with Crippen molar-refractivity contribution >= 4 is 46.5 Å². The summed E-state index contributed by atoms with van der Waals surface area (Å²) in [6.45, 7) is 2.36. The largest absolute Gasteiger partial charge is 0.368 e. The van der Waals surface area contributed by atoms with Gasteiger partial charge in [0.15, 0.2) is 0 Å². The molecule has 8 nitrogen and oxygen atoms in total. The van der Waals surface area contributed by atoms with Gasteiger partial charge in [-0.2, -0.15) is 5.10 Å². The molecular weight excluding hydrogens is 391 g/mol. The van der Waals surface area contributed by atoms with E-state index in [9.17, 15) is 9.59 Å². The lowest BCUT2D eigenvalue weighted by molar-refractivity contribution is -0.115. The van der Waals surface area contributed by atoms with E-state index in [0.29, 0.717) is 41.9 Å². The number of carbonyl (C=O) groups is 2. The highest BCUT2D eigenvalue weighted by Gasteiger charge is 2.22. The van der Waals surface area contributed by atoms with Gasteiger partial charge in [0, 0.05) is 45.1 Å². The van der Waals surface area contributed by atoms with E-state index in [2.05, 4.69) is 20.6 Å². The number of aromatic nitrogens is 2. The van der Waals surface area contributed by atoms with Gasteiger partial charge in [-0.25, -0.2) is 4.79 Å². The van der Waals surface area contributed by atoms with Gasteiger partial charge in [0.2, 0.25) is 5.91 Å². The molecule has 1 aromatic carbocycles. The molecule has 3 rings (SSSR count). The number of piperazine rings is 1.